The minimum absolute atomic E-state index is 0.159. The van der Waals surface area contributed by atoms with Crippen LogP contribution in [0.2, 0.25) is 0 Å². The van der Waals surface area contributed by atoms with Gasteiger partial charge in [0.15, 0.2) is 23.3 Å². The van der Waals surface area contributed by atoms with Gasteiger partial charge < -0.3 is 20.5 Å². The minimum atomic E-state index is -0.263. The quantitative estimate of drug-likeness (QED) is 0.189. The lowest BCUT2D eigenvalue weighted by atomic mass is 10.2. The van der Waals surface area contributed by atoms with E-state index in [0.717, 1.165) is 22.4 Å². The number of nitrogens with zero attached hydrogens (tertiary/aromatic N) is 2. The van der Waals surface area contributed by atoms with Gasteiger partial charge in [0.25, 0.3) is 5.91 Å². The predicted octanol–water partition coefficient (Wildman–Crippen LogP) is 5.76. The molecular formula is C26H27BrN4O3S. The fourth-order valence-corrected chi connectivity index (χ4v) is 4.02. The average Bonchev–Trinajstić information content (AvgIpc) is 2.85. The molecule has 0 aliphatic heterocycles. The third-order valence-electron chi connectivity index (χ3n) is 4.72. The molecule has 3 rings (SSSR count). The number of amides is 1. The number of rotatable bonds is 10. The Morgan fingerprint density at radius 2 is 1.80 bits per heavy atom. The number of benzene rings is 3. The monoisotopic (exact) mass is 554 g/mol. The molecule has 3 N–H and O–H groups in total. The molecule has 0 bridgehead atoms. The van der Waals surface area contributed by atoms with Crippen LogP contribution in [-0.4, -0.2) is 30.5 Å². The molecule has 7 nitrogen and oxygen atoms in total. The highest BCUT2D eigenvalue weighted by molar-refractivity contribution is 9.10. The lowest BCUT2D eigenvalue weighted by Gasteiger charge is -2.14. The normalized spacial score (nSPS) is 11.5. The van der Waals surface area contributed by atoms with Crippen LogP contribution >= 0.6 is 27.7 Å². The zero-order chi connectivity index (χ0) is 25.0. The Morgan fingerprint density at radius 1 is 1.09 bits per heavy atom. The van der Waals surface area contributed by atoms with Gasteiger partial charge in [-0.3, -0.25) is 4.79 Å². The van der Waals surface area contributed by atoms with E-state index < -0.39 is 0 Å². The highest BCUT2D eigenvalue weighted by Crippen LogP contribution is 2.33. The van der Waals surface area contributed by atoms with Crippen molar-refractivity contribution in [2.75, 3.05) is 18.5 Å². The van der Waals surface area contributed by atoms with Crippen LogP contribution in [0, 0.1) is 6.92 Å². The number of carbonyl (C=O) groups is 1. The number of carbonyl (C=O) groups excluding carboxylic acids is 1. The summed E-state index contributed by atoms with van der Waals surface area (Å²) in [7, 11) is 0. The van der Waals surface area contributed by atoms with Gasteiger partial charge in [-0.25, -0.2) is 0 Å². The van der Waals surface area contributed by atoms with Gasteiger partial charge in [-0.15, -0.1) is 5.10 Å². The molecular weight excluding hydrogens is 528 g/mol. The van der Waals surface area contributed by atoms with Crippen LogP contribution in [0.1, 0.15) is 23.6 Å². The fraction of sp³-hybridized carbons (Fsp3) is 0.192. The molecule has 0 unspecified atom stereocenters. The summed E-state index contributed by atoms with van der Waals surface area (Å²) in [5.41, 5.74) is 9.58. The van der Waals surface area contributed by atoms with E-state index in [0.29, 0.717) is 33.5 Å². The van der Waals surface area contributed by atoms with Crippen molar-refractivity contribution < 1.29 is 14.3 Å². The van der Waals surface area contributed by atoms with E-state index in [1.807, 2.05) is 68.4 Å². The number of halogens is 1. The van der Waals surface area contributed by atoms with Crippen LogP contribution in [-0.2, 0) is 10.5 Å². The number of nitrogens with two attached hydrogens (primary N) is 1. The summed E-state index contributed by atoms with van der Waals surface area (Å²) in [6.45, 7) is 4.08. The molecule has 0 atom stereocenters. The van der Waals surface area contributed by atoms with Crippen LogP contribution in [0.3, 0.4) is 0 Å². The van der Waals surface area contributed by atoms with Gasteiger partial charge in [0.1, 0.15) is 0 Å². The van der Waals surface area contributed by atoms with Crippen molar-refractivity contribution >= 4 is 50.7 Å². The van der Waals surface area contributed by atoms with Crippen LogP contribution in [0.4, 0.5) is 5.69 Å². The molecule has 0 saturated heterocycles. The summed E-state index contributed by atoms with van der Waals surface area (Å²) in [5, 5.41) is 11.4. The summed E-state index contributed by atoms with van der Waals surface area (Å²) < 4.78 is 12.2. The summed E-state index contributed by atoms with van der Waals surface area (Å²) in [4.78, 5) is 12.4. The number of anilines is 1. The van der Waals surface area contributed by atoms with Crippen molar-refractivity contribution in [1.29, 1.82) is 0 Å². The molecule has 182 valence electrons. The molecule has 0 aliphatic rings. The zero-order valence-corrected chi connectivity index (χ0v) is 21.9. The molecule has 0 aliphatic carbocycles. The molecule has 3 aromatic carbocycles. The molecule has 35 heavy (non-hydrogen) atoms. The molecule has 0 spiro atoms. The van der Waals surface area contributed by atoms with Gasteiger partial charge in [0.2, 0.25) is 0 Å². The van der Waals surface area contributed by atoms with E-state index in [9.17, 15) is 4.79 Å². The Hall–Kier alpha value is -3.30. The largest absolute Gasteiger partial charge is 0.490 e. The van der Waals surface area contributed by atoms with Crippen LogP contribution in [0.15, 0.2) is 81.4 Å². The first kappa shape index (κ1) is 26.3. The van der Waals surface area contributed by atoms with Gasteiger partial charge in [-0.05, 0) is 59.1 Å². The first-order valence-corrected chi connectivity index (χ1v) is 12.7. The summed E-state index contributed by atoms with van der Waals surface area (Å²) in [5.74, 6) is 1.39. The lowest BCUT2D eigenvalue weighted by molar-refractivity contribution is -0.118. The molecule has 3 aromatic rings. The molecule has 0 heterocycles. The van der Waals surface area contributed by atoms with Gasteiger partial charge >= 0.3 is 0 Å². The van der Waals surface area contributed by atoms with Crippen LogP contribution < -0.4 is 20.5 Å². The number of thioether (sulfide) groups is 1. The topological polar surface area (TPSA) is 98.3 Å². The first-order valence-electron chi connectivity index (χ1n) is 10.9. The molecule has 1 amide bonds. The molecule has 0 saturated carbocycles. The average molecular weight is 555 g/mol. The van der Waals surface area contributed by atoms with Gasteiger partial charge in [0.05, 0.1) is 12.8 Å². The molecule has 0 fully saturated rings. The maximum atomic E-state index is 12.4. The van der Waals surface area contributed by atoms with E-state index in [1.54, 1.807) is 18.3 Å². The van der Waals surface area contributed by atoms with E-state index in [1.165, 1.54) is 11.8 Å². The first-order chi connectivity index (χ1) is 17.0. The molecule has 9 heteroatoms. The number of ether oxygens (including phenoxy) is 2. The summed E-state index contributed by atoms with van der Waals surface area (Å²) >= 11 is 4.93. The Morgan fingerprint density at radius 3 is 2.54 bits per heavy atom. The second-order valence-corrected chi connectivity index (χ2v) is 9.21. The Labute approximate surface area is 217 Å². The van der Waals surface area contributed by atoms with E-state index >= 15 is 0 Å². The van der Waals surface area contributed by atoms with E-state index in [4.69, 9.17) is 15.2 Å². The number of aryl methyl sites for hydroxylation is 1. The highest BCUT2D eigenvalue weighted by Gasteiger charge is 2.13. The standard InChI is InChI=1S/C26H27BrN4O3S/c1-3-33-23-13-20(15-29-31-26(28)35-17-19-10-5-4-6-11-19)21(27)14-24(23)34-16-25(32)30-22-12-8-7-9-18(22)2/h4-15H,3,16-17H2,1-2H3,(H2,28,31)(H,30,32). The lowest BCUT2D eigenvalue weighted by Crippen LogP contribution is -2.20. The maximum absolute atomic E-state index is 12.4. The van der Waals surface area contributed by atoms with Crippen molar-refractivity contribution in [3.05, 3.63) is 87.9 Å². The number of nitrogens with one attached hydrogen (secondary N) is 1. The van der Waals surface area contributed by atoms with E-state index in [2.05, 4.69) is 31.4 Å². The molecule has 0 aromatic heterocycles. The van der Waals surface area contributed by atoms with Crippen LogP contribution in [0.5, 0.6) is 11.5 Å². The van der Waals surface area contributed by atoms with Crippen molar-refractivity contribution in [3.63, 3.8) is 0 Å². The maximum Gasteiger partial charge on any atom is 0.262 e. The summed E-state index contributed by atoms with van der Waals surface area (Å²) in [6, 6.07) is 21.1. The Balaban J connectivity index is 1.63. The van der Waals surface area contributed by atoms with Crippen molar-refractivity contribution in [2.24, 2.45) is 15.9 Å². The van der Waals surface area contributed by atoms with Crippen molar-refractivity contribution in [3.8, 4) is 11.5 Å². The third kappa shape index (κ3) is 8.45. The van der Waals surface area contributed by atoms with Crippen LogP contribution in [0.25, 0.3) is 0 Å². The third-order valence-corrected chi connectivity index (χ3v) is 6.27. The number of amidine groups is 1. The number of para-hydroxylation sites is 1. The Bertz CT molecular complexity index is 1200. The smallest absolute Gasteiger partial charge is 0.262 e. The van der Waals surface area contributed by atoms with E-state index in [-0.39, 0.29) is 12.5 Å². The summed E-state index contributed by atoms with van der Waals surface area (Å²) in [6.07, 6.45) is 1.58. The van der Waals surface area contributed by atoms with Crippen molar-refractivity contribution in [1.82, 2.24) is 0 Å². The van der Waals surface area contributed by atoms with Gasteiger partial charge in [0, 0.05) is 21.5 Å². The SMILES string of the molecule is CCOc1cc(C=NN=C(N)SCc2ccccc2)c(Br)cc1OCC(=O)Nc1ccccc1C. The van der Waals surface area contributed by atoms with Gasteiger partial charge in [-0.1, -0.05) is 60.3 Å². The number of hydrogen-bond donors (Lipinski definition) is 2. The van der Waals surface area contributed by atoms with Crippen molar-refractivity contribution in [2.45, 2.75) is 19.6 Å². The second-order valence-electron chi connectivity index (χ2n) is 7.36. The Kier molecular flexibility index (Phi) is 10.2. The molecule has 0 radical (unpaired) electrons. The highest BCUT2D eigenvalue weighted by atomic mass is 79.9. The number of hydrogen-bond acceptors (Lipinski definition) is 6. The fourth-order valence-electron chi connectivity index (χ4n) is 2.98. The zero-order valence-electron chi connectivity index (χ0n) is 19.5. The predicted molar refractivity (Wildman–Crippen MR) is 148 cm³/mol. The van der Waals surface area contributed by atoms with Gasteiger partial charge in [-0.2, -0.15) is 5.10 Å². The second kappa shape index (κ2) is 13.6. The minimum Gasteiger partial charge on any atom is -0.490 e.